The van der Waals surface area contributed by atoms with Crippen molar-refractivity contribution in [1.29, 1.82) is 0 Å². The van der Waals surface area contributed by atoms with Gasteiger partial charge >= 0.3 is 0 Å². The van der Waals surface area contributed by atoms with E-state index < -0.39 is 0 Å². The van der Waals surface area contributed by atoms with Crippen LogP contribution in [-0.4, -0.2) is 23.9 Å². The van der Waals surface area contributed by atoms with Gasteiger partial charge in [0.25, 0.3) is 0 Å². The first-order chi connectivity index (χ1) is 12.1. The minimum Gasteiger partial charge on any atom is -0.324 e. The molecule has 25 heavy (non-hydrogen) atoms. The number of carbonyl (C=O) groups excluding carboxylic acids is 1. The summed E-state index contributed by atoms with van der Waals surface area (Å²) in [6.07, 6.45) is 5.97. The standard InChI is InChI=1S/C21H25FN2O/c1-24(19-10-6-3-7-11-19)20(16-8-4-2-5-9-16)21(25)23-18-14-12-17(22)13-15-18/h2,4-5,8-9,12-15,19-20H,3,6-7,10-11H2,1H3,(H,23,25)/t20-/m1/s1. The molecule has 1 saturated carbocycles. The first kappa shape index (κ1) is 17.6. The Kier molecular flexibility index (Phi) is 5.82. The van der Waals surface area contributed by atoms with Gasteiger partial charge in [0.05, 0.1) is 0 Å². The number of hydrogen-bond donors (Lipinski definition) is 1. The lowest BCUT2D eigenvalue weighted by molar-refractivity contribution is -0.122. The van der Waals surface area contributed by atoms with Gasteiger partial charge in [-0.1, -0.05) is 49.6 Å². The number of amides is 1. The summed E-state index contributed by atoms with van der Waals surface area (Å²) >= 11 is 0. The molecule has 1 atom stereocenters. The average Bonchev–Trinajstić information content (AvgIpc) is 2.65. The highest BCUT2D eigenvalue weighted by Crippen LogP contribution is 2.30. The molecule has 0 unspecified atom stereocenters. The monoisotopic (exact) mass is 340 g/mol. The van der Waals surface area contributed by atoms with E-state index in [1.165, 1.54) is 31.4 Å². The van der Waals surface area contributed by atoms with Gasteiger partial charge in [-0.15, -0.1) is 0 Å². The molecule has 0 aliphatic heterocycles. The number of rotatable bonds is 5. The van der Waals surface area contributed by atoms with Crippen molar-refractivity contribution in [3.8, 4) is 0 Å². The van der Waals surface area contributed by atoms with Crippen LogP contribution < -0.4 is 5.32 Å². The van der Waals surface area contributed by atoms with E-state index in [1.807, 2.05) is 37.4 Å². The number of likely N-dealkylation sites (N-methyl/N-ethyl adjacent to an activating group) is 1. The van der Waals surface area contributed by atoms with Crippen molar-refractivity contribution in [3.05, 3.63) is 66.0 Å². The molecule has 3 rings (SSSR count). The van der Waals surface area contributed by atoms with Crippen LogP contribution in [0.3, 0.4) is 0 Å². The maximum atomic E-state index is 13.1. The molecule has 132 valence electrons. The molecule has 4 heteroatoms. The predicted octanol–water partition coefficient (Wildman–Crippen LogP) is 4.77. The van der Waals surface area contributed by atoms with Crippen molar-refractivity contribution in [3.63, 3.8) is 0 Å². The SMILES string of the molecule is CN(C1CCCCC1)[C@@H](C(=O)Nc1ccc(F)cc1)c1ccccc1. The number of anilines is 1. The van der Waals surface area contributed by atoms with Gasteiger partial charge in [-0.3, -0.25) is 9.69 Å². The second kappa shape index (κ2) is 8.26. The number of halogens is 1. The molecular weight excluding hydrogens is 315 g/mol. The molecule has 0 aromatic heterocycles. The van der Waals surface area contributed by atoms with Crippen molar-refractivity contribution in [2.24, 2.45) is 0 Å². The molecule has 0 bridgehead atoms. The van der Waals surface area contributed by atoms with Crippen LogP contribution in [0.15, 0.2) is 54.6 Å². The number of nitrogens with one attached hydrogen (secondary N) is 1. The van der Waals surface area contributed by atoms with Gasteiger partial charge < -0.3 is 5.32 Å². The van der Waals surface area contributed by atoms with Crippen LogP contribution in [0.5, 0.6) is 0 Å². The zero-order valence-corrected chi connectivity index (χ0v) is 14.6. The third kappa shape index (κ3) is 4.45. The summed E-state index contributed by atoms with van der Waals surface area (Å²) < 4.78 is 13.1. The van der Waals surface area contributed by atoms with Gasteiger partial charge in [0, 0.05) is 11.7 Å². The molecule has 2 aromatic rings. The van der Waals surface area contributed by atoms with Crippen molar-refractivity contribution in [2.75, 3.05) is 12.4 Å². The van der Waals surface area contributed by atoms with Crippen molar-refractivity contribution in [2.45, 2.75) is 44.2 Å². The van der Waals surface area contributed by atoms with Gasteiger partial charge in [-0.2, -0.15) is 0 Å². The largest absolute Gasteiger partial charge is 0.324 e. The lowest BCUT2D eigenvalue weighted by atomic mass is 9.92. The first-order valence-corrected chi connectivity index (χ1v) is 8.98. The molecule has 0 saturated heterocycles. The zero-order chi connectivity index (χ0) is 17.6. The number of benzene rings is 2. The maximum absolute atomic E-state index is 13.1. The Labute approximate surface area is 148 Å². The highest BCUT2D eigenvalue weighted by Gasteiger charge is 2.30. The summed E-state index contributed by atoms with van der Waals surface area (Å²) in [5.74, 6) is -0.386. The quantitative estimate of drug-likeness (QED) is 0.850. The van der Waals surface area contributed by atoms with Gasteiger partial charge in [-0.05, 0) is 49.7 Å². The molecule has 1 fully saturated rings. The topological polar surface area (TPSA) is 32.3 Å². The smallest absolute Gasteiger partial charge is 0.246 e. The molecule has 1 aliphatic rings. The number of nitrogens with zero attached hydrogens (tertiary/aromatic N) is 1. The summed E-state index contributed by atoms with van der Waals surface area (Å²) in [7, 11) is 2.04. The Morgan fingerprint density at radius 3 is 2.32 bits per heavy atom. The lowest BCUT2D eigenvalue weighted by Gasteiger charge is -2.36. The fourth-order valence-electron chi connectivity index (χ4n) is 3.65. The van der Waals surface area contributed by atoms with E-state index in [4.69, 9.17) is 0 Å². The predicted molar refractivity (Wildman–Crippen MR) is 98.8 cm³/mol. The summed E-state index contributed by atoms with van der Waals surface area (Å²) in [4.78, 5) is 15.2. The first-order valence-electron chi connectivity index (χ1n) is 8.98. The van der Waals surface area contributed by atoms with Gasteiger partial charge in [-0.25, -0.2) is 4.39 Å². The van der Waals surface area contributed by atoms with E-state index in [9.17, 15) is 9.18 Å². The fraction of sp³-hybridized carbons (Fsp3) is 0.381. The van der Waals surface area contributed by atoms with E-state index in [2.05, 4.69) is 10.2 Å². The molecule has 1 amide bonds. The van der Waals surface area contributed by atoms with E-state index in [0.29, 0.717) is 11.7 Å². The summed E-state index contributed by atoms with van der Waals surface area (Å²) in [6.45, 7) is 0. The lowest BCUT2D eigenvalue weighted by Crippen LogP contribution is -2.42. The van der Waals surface area contributed by atoms with Crippen LogP contribution in [0.2, 0.25) is 0 Å². The van der Waals surface area contributed by atoms with Crippen LogP contribution in [0.1, 0.15) is 43.7 Å². The maximum Gasteiger partial charge on any atom is 0.246 e. The van der Waals surface area contributed by atoms with E-state index >= 15 is 0 Å². The summed E-state index contributed by atoms with van der Waals surface area (Å²) in [6, 6.07) is 15.8. The normalized spacial score (nSPS) is 16.6. The van der Waals surface area contributed by atoms with Gasteiger partial charge in [0.2, 0.25) is 5.91 Å². The van der Waals surface area contributed by atoms with Crippen LogP contribution in [0.25, 0.3) is 0 Å². The molecule has 0 spiro atoms. The highest BCUT2D eigenvalue weighted by molar-refractivity contribution is 5.95. The summed E-state index contributed by atoms with van der Waals surface area (Å²) in [5, 5.41) is 2.94. The molecular formula is C21H25FN2O. The second-order valence-corrected chi connectivity index (χ2v) is 6.77. The number of hydrogen-bond acceptors (Lipinski definition) is 2. The van der Waals surface area contributed by atoms with Crippen molar-refractivity contribution >= 4 is 11.6 Å². The Bertz CT molecular complexity index is 681. The molecule has 3 nitrogen and oxygen atoms in total. The number of carbonyl (C=O) groups is 1. The van der Waals surface area contributed by atoms with Crippen LogP contribution in [0.4, 0.5) is 10.1 Å². The zero-order valence-electron chi connectivity index (χ0n) is 14.6. The van der Waals surface area contributed by atoms with Gasteiger partial charge in [0.1, 0.15) is 11.9 Å². The molecule has 0 radical (unpaired) electrons. The third-order valence-corrected chi connectivity index (χ3v) is 5.03. The van der Waals surface area contributed by atoms with Crippen LogP contribution in [-0.2, 0) is 4.79 Å². The van der Waals surface area contributed by atoms with Crippen LogP contribution in [0, 0.1) is 5.82 Å². The molecule has 1 N–H and O–H groups in total. The average molecular weight is 340 g/mol. The molecule has 2 aromatic carbocycles. The third-order valence-electron chi connectivity index (χ3n) is 5.03. The molecule has 1 aliphatic carbocycles. The Morgan fingerprint density at radius 1 is 1.04 bits per heavy atom. The van der Waals surface area contributed by atoms with E-state index in [1.54, 1.807) is 12.1 Å². The van der Waals surface area contributed by atoms with E-state index in [0.717, 1.165) is 18.4 Å². The Balaban J connectivity index is 1.82. The molecule has 0 heterocycles. The second-order valence-electron chi connectivity index (χ2n) is 6.77. The van der Waals surface area contributed by atoms with Crippen molar-refractivity contribution in [1.82, 2.24) is 4.90 Å². The van der Waals surface area contributed by atoms with Gasteiger partial charge in [0.15, 0.2) is 0 Å². The minimum atomic E-state index is -0.352. The van der Waals surface area contributed by atoms with E-state index in [-0.39, 0.29) is 17.8 Å². The fourth-order valence-corrected chi connectivity index (χ4v) is 3.65. The summed E-state index contributed by atoms with van der Waals surface area (Å²) in [5.41, 5.74) is 1.60. The Hall–Kier alpha value is -2.20. The highest BCUT2D eigenvalue weighted by atomic mass is 19.1. The minimum absolute atomic E-state index is 0.0779. The van der Waals surface area contributed by atoms with Crippen LogP contribution >= 0.6 is 0 Å². The Morgan fingerprint density at radius 2 is 1.68 bits per heavy atom. The van der Waals surface area contributed by atoms with Crippen molar-refractivity contribution < 1.29 is 9.18 Å².